The van der Waals surface area contributed by atoms with Crippen molar-refractivity contribution in [1.82, 2.24) is 9.97 Å². The molecule has 212 valence electrons. The summed E-state index contributed by atoms with van der Waals surface area (Å²) < 4.78 is 0. The SMILES string of the molecule is CC(C)(C)P(CC1C=C(c2ccccc2)C=C1C(P)(c1cccnc1)c1cccnc1)C1C2CC3CC(C2)CC1C3. The molecule has 41 heavy (non-hydrogen) atoms. The summed E-state index contributed by atoms with van der Waals surface area (Å²) >= 11 is 0. The number of allylic oxidation sites excluding steroid dienone is 4. The molecular formula is C37H44N2P2. The van der Waals surface area contributed by atoms with E-state index in [4.69, 9.17) is 0 Å². The van der Waals surface area contributed by atoms with E-state index in [1.807, 2.05) is 12.4 Å². The minimum absolute atomic E-state index is 0.188. The maximum atomic E-state index is 4.60. The lowest BCUT2D eigenvalue weighted by molar-refractivity contribution is 0.0242. The van der Waals surface area contributed by atoms with E-state index < -0.39 is 0 Å². The van der Waals surface area contributed by atoms with E-state index in [1.54, 1.807) is 0 Å². The van der Waals surface area contributed by atoms with Gasteiger partial charge in [-0.15, -0.1) is 9.24 Å². The third-order valence-electron chi connectivity index (χ3n) is 10.7. The molecule has 1 aromatic carbocycles. The van der Waals surface area contributed by atoms with Crippen molar-refractivity contribution in [1.29, 1.82) is 0 Å². The fourth-order valence-corrected chi connectivity index (χ4v) is 13.7. The Kier molecular flexibility index (Phi) is 7.32. The van der Waals surface area contributed by atoms with Crippen LogP contribution in [0.4, 0.5) is 0 Å². The highest BCUT2D eigenvalue weighted by atomic mass is 31.1. The predicted molar refractivity (Wildman–Crippen MR) is 177 cm³/mol. The monoisotopic (exact) mass is 578 g/mol. The summed E-state index contributed by atoms with van der Waals surface area (Å²) in [6.07, 6.45) is 21.8. The van der Waals surface area contributed by atoms with Crippen molar-refractivity contribution in [2.45, 2.75) is 68.8 Å². The molecule has 2 aromatic heterocycles. The Morgan fingerprint density at radius 1 is 0.780 bits per heavy atom. The van der Waals surface area contributed by atoms with Gasteiger partial charge in [-0.05, 0) is 113 Å². The molecule has 3 atom stereocenters. The van der Waals surface area contributed by atoms with E-state index in [1.165, 1.54) is 66.1 Å². The van der Waals surface area contributed by atoms with E-state index in [2.05, 4.69) is 119 Å². The molecule has 8 rings (SSSR count). The smallest absolute Gasteiger partial charge is 0.0590 e. The van der Waals surface area contributed by atoms with Crippen molar-refractivity contribution in [2.75, 3.05) is 6.16 Å². The summed E-state index contributed by atoms with van der Waals surface area (Å²) in [7, 11) is 3.11. The average molecular weight is 579 g/mol. The van der Waals surface area contributed by atoms with Crippen LogP contribution in [-0.4, -0.2) is 26.9 Å². The molecule has 4 fully saturated rings. The third kappa shape index (κ3) is 5.08. The first-order chi connectivity index (χ1) is 19.8. The van der Waals surface area contributed by atoms with Crippen molar-refractivity contribution in [3.8, 4) is 0 Å². The minimum Gasteiger partial charge on any atom is -0.264 e. The molecular weight excluding hydrogens is 534 g/mol. The molecule has 0 saturated heterocycles. The first kappa shape index (κ1) is 27.7. The maximum absolute atomic E-state index is 4.60. The molecule has 4 saturated carbocycles. The van der Waals surface area contributed by atoms with Gasteiger partial charge in [0.15, 0.2) is 0 Å². The lowest BCUT2D eigenvalue weighted by Gasteiger charge is -2.59. The minimum atomic E-state index is -0.386. The van der Waals surface area contributed by atoms with Gasteiger partial charge in [0.25, 0.3) is 0 Å². The van der Waals surface area contributed by atoms with Crippen LogP contribution in [0, 0.1) is 29.6 Å². The van der Waals surface area contributed by atoms with Crippen LogP contribution in [0.1, 0.15) is 69.6 Å². The standard InChI is InChI=1S/C37H44N2P2/c1-36(2,3)41(35-29-16-25-15-26(18-29)19-30(35)17-25)24-31-20-28(27-9-5-4-6-10-27)21-34(31)37(40,32-11-7-13-38-22-32)33-12-8-14-39-23-33/h4-14,20-23,25-26,29-31,35H,15-19,24,40H2,1-3H3. The number of aromatic nitrogens is 2. The zero-order valence-electron chi connectivity index (χ0n) is 24.8. The van der Waals surface area contributed by atoms with E-state index in [-0.39, 0.29) is 13.1 Å². The Bertz CT molecular complexity index is 1360. The quantitative estimate of drug-likeness (QED) is 0.261. The van der Waals surface area contributed by atoms with Crippen LogP contribution >= 0.6 is 17.2 Å². The summed E-state index contributed by atoms with van der Waals surface area (Å²) in [6.45, 7) is 7.67. The van der Waals surface area contributed by atoms with Gasteiger partial charge < -0.3 is 0 Å². The predicted octanol–water partition coefficient (Wildman–Crippen LogP) is 9.34. The van der Waals surface area contributed by atoms with Crippen LogP contribution in [0.5, 0.6) is 0 Å². The summed E-state index contributed by atoms with van der Waals surface area (Å²) in [4.78, 5) is 9.20. The van der Waals surface area contributed by atoms with Crippen LogP contribution in [-0.2, 0) is 5.16 Å². The van der Waals surface area contributed by atoms with Crippen LogP contribution < -0.4 is 0 Å². The molecule has 4 bridgehead atoms. The number of hydrogen-bond donors (Lipinski definition) is 0. The second-order valence-electron chi connectivity index (χ2n) is 14.2. The second-order valence-corrected chi connectivity index (χ2v) is 18.3. The topological polar surface area (TPSA) is 25.8 Å². The lowest BCUT2D eigenvalue weighted by Crippen LogP contribution is -2.49. The Labute approximate surface area is 250 Å². The molecule has 4 heteroatoms. The molecule has 2 nitrogen and oxygen atoms in total. The highest BCUT2D eigenvalue weighted by molar-refractivity contribution is 7.60. The summed E-state index contributed by atoms with van der Waals surface area (Å²) in [5, 5.41) is -0.0564. The van der Waals surface area contributed by atoms with Crippen molar-refractivity contribution >= 4 is 22.7 Å². The fourth-order valence-electron chi connectivity index (χ4n) is 9.15. The van der Waals surface area contributed by atoms with Crippen molar-refractivity contribution in [3.05, 3.63) is 114 Å². The summed E-state index contributed by atoms with van der Waals surface area (Å²) in [5.41, 5.74) is 7.50. The largest absolute Gasteiger partial charge is 0.264 e. The number of pyridine rings is 2. The van der Waals surface area contributed by atoms with Crippen molar-refractivity contribution < 1.29 is 0 Å². The second kappa shape index (κ2) is 10.8. The van der Waals surface area contributed by atoms with Crippen molar-refractivity contribution in [2.24, 2.45) is 29.6 Å². The molecule has 2 heterocycles. The number of nitrogens with zero attached hydrogens (tertiary/aromatic N) is 2. The number of benzene rings is 1. The zero-order chi connectivity index (χ0) is 28.2. The van der Waals surface area contributed by atoms with Gasteiger partial charge in [0.2, 0.25) is 0 Å². The zero-order valence-corrected chi connectivity index (χ0v) is 26.8. The van der Waals surface area contributed by atoms with Crippen molar-refractivity contribution in [3.63, 3.8) is 0 Å². The number of hydrogen-bond acceptors (Lipinski definition) is 2. The van der Waals surface area contributed by atoms with E-state index in [0.717, 1.165) is 29.3 Å². The average Bonchev–Trinajstić information content (AvgIpc) is 3.41. The molecule has 0 amide bonds. The van der Waals surface area contributed by atoms with Gasteiger partial charge in [-0.2, -0.15) is 0 Å². The summed E-state index contributed by atoms with van der Waals surface area (Å²) in [5.74, 6) is 4.34. The molecule has 0 spiro atoms. The Morgan fingerprint density at radius 2 is 1.37 bits per heavy atom. The lowest BCUT2D eigenvalue weighted by atomic mass is 9.56. The molecule has 0 N–H and O–H groups in total. The van der Waals surface area contributed by atoms with Gasteiger partial charge >= 0.3 is 0 Å². The molecule has 0 radical (unpaired) electrons. The van der Waals surface area contributed by atoms with E-state index in [0.29, 0.717) is 11.1 Å². The maximum Gasteiger partial charge on any atom is 0.0590 e. The van der Waals surface area contributed by atoms with Gasteiger partial charge in [0.05, 0.1) is 5.16 Å². The number of rotatable bonds is 7. The van der Waals surface area contributed by atoms with Crippen LogP contribution in [0.2, 0.25) is 0 Å². The fraction of sp³-hybridized carbons (Fsp3) is 0.459. The van der Waals surface area contributed by atoms with Gasteiger partial charge in [-0.1, -0.05) is 83.3 Å². The van der Waals surface area contributed by atoms with Gasteiger partial charge in [-0.25, -0.2) is 0 Å². The van der Waals surface area contributed by atoms with Gasteiger partial charge in [-0.3, -0.25) is 9.97 Å². The molecule has 5 aliphatic rings. The highest BCUT2D eigenvalue weighted by Gasteiger charge is 2.53. The van der Waals surface area contributed by atoms with E-state index >= 15 is 0 Å². The Balaban J connectivity index is 1.33. The molecule has 3 unspecified atom stereocenters. The first-order valence-corrected chi connectivity index (χ1v) is 17.8. The highest BCUT2D eigenvalue weighted by Crippen LogP contribution is 2.69. The molecule has 3 aromatic rings. The Morgan fingerprint density at radius 3 is 1.88 bits per heavy atom. The molecule has 5 aliphatic carbocycles. The van der Waals surface area contributed by atoms with Crippen LogP contribution in [0.25, 0.3) is 5.57 Å². The summed E-state index contributed by atoms with van der Waals surface area (Å²) in [6, 6.07) is 19.7. The normalized spacial score (nSPS) is 29.8. The van der Waals surface area contributed by atoms with Gasteiger partial charge in [0.1, 0.15) is 0 Å². The van der Waals surface area contributed by atoms with Gasteiger partial charge in [0, 0.05) is 30.7 Å². The van der Waals surface area contributed by atoms with Crippen LogP contribution in [0.3, 0.4) is 0 Å². The van der Waals surface area contributed by atoms with E-state index in [9.17, 15) is 0 Å². The first-order valence-electron chi connectivity index (χ1n) is 15.7. The van der Waals surface area contributed by atoms with Crippen LogP contribution in [0.15, 0.2) is 97.1 Å². The molecule has 0 aliphatic heterocycles. The third-order valence-corrected chi connectivity index (χ3v) is 15.8. The Hall–Kier alpha value is -2.14.